The van der Waals surface area contributed by atoms with E-state index in [0.717, 1.165) is 12.0 Å². The Morgan fingerprint density at radius 1 is 1.25 bits per heavy atom. The molecule has 16 heavy (non-hydrogen) atoms. The van der Waals surface area contributed by atoms with Gasteiger partial charge < -0.3 is 10.0 Å². The number of hydrogen-bond acceptors (Lipinski definition) is 2. The number of hydrogen-bond donors (Lipinski definition) is 1. The van der Waals surface area contributed by atoms with Crippen molar-refractivity contribution >= 4 is 0 Å². The zero-order valence-electron chi connectivity index (χ0n) is 10.8. The molecule has 1 aromatic rings. The van der Waals surface area contributed by atoms with Crippen molar-refractivity contribution in [1.82, 2.24) is 4.90 Å². The zero-order valence-corrected chi connectivity index (χ0v) is 10.8. The Bertz CT molecular complexity index is 320. The lowest BCUT2D eigenvalue weighted by atomic mass is 9.99. The van der Waals surface area contributed by atoms with Crippen LogP contribution in [0, 0.1) is 5.92 Å². The summed E-state index contributed by atoms with van der Waals surface area (Å²) in [4.78, 5) is 2.00. The zero-order chi connectivity index (χ0) is 12.1. The van der Waals surface area contributed by atoms with Crippen LogP contribution in [0.5, 0.6) is 0 Å². The number of likely N-dealkylation sites (N-methyl/N-ethyl adjacent to an activating group) is 1. The number of nitrogens with zero attached hydrogens (tertiary/aromatic N) is 1. The van der Waals surface area contributed by atoms with Gasteiger partial charge in [0.2, 0.25) is 0 Å². The van der Waals surface area contributed by atoms with E-state index in [1.807, 2.05) is 31.1 Å². The van der Waals surface area contributed by atoms with Crippen molar-refractivity contribution in [2.45, 2.75) is 26.4 Å². The molecule has 0 fully saturated rings. The molecule has 0 bridgehead atoms. The van der Waals surface area contributed by atoms with Gasteiger partial charge in [-0.25, -0.2) is 0 Å². The first-order valence-electron chi connectivity index (χ1n) is 5.90. The molecule has 1 atom stereocenters. The molecule has 90 valence electrons. The van der Waals surface area contributed by atoms with Crippen LogP contribution in [-0.4, -0.2) is 30.6 Å². The maximum atomic E-state index is 10.0. The molecule has 0 amide bonds. The molecule has 0 radical (unpaired) electrons. The largest absolute Gasteiger partial charge is 0.387 e. The average Bonchev–Trinajstić information content (AvgIpc) is 2.16. The summed E-state index contributed by atoms with van der Waals surface area (Å²) in [6, 6.07) is 8.28. The fourth-order valence-electron chi connectivity index (χ4n) is 1.85. The second-order valence-electron chi connectivity index (χ2n) is 5.12. The lowest BCUT2D eigenvalue weighted by Gasteiger charge is -2.17. The SMILES string of the molecule is CC(C)Cc1cccc(C(O)CN(C)C)c1. The molecule has 0 aliphatic carbocycles. The predicted molar refractivity (Wildman–Crippen MR) is 68.5 cm³/mol. The molecule has 2 nitrogen and oxygen atoms in total. The van der Waals surface area contributed by atoms with Crippen molar-refractivity contribution in [1.29, 1.82) is 0 Å². The minimum absolute atomic E-state index is 0.387. The van der Waals surface area contributed by atoms with E-state index in [1.165, 1.54) is 5.56 Å². The lowest BCUT2D eigenvalue weighted by molar-refractivity contribution is 0.138. The third kappa shape index (κ3) is 4.33. The third-order valence-corrected chi connectivity index (χ3v) is 2.52. The standard InChI is InChI=1S/C14H23NO/c1-11(2)8-12-6-5-7-13(9-12)14(16)10-15(3)4/h5-7,9,11,14,16H,8,10H2,1-4H3. The summed E-state index contributed by atoms with van der Waals surface area (Å²) in [5.41, 5.74) is 2.33. The van der Waals surface area contributed by atoms with Gasteiger partial charge in [0.05, 0.1) is 6.10 Å². The highest BCUT2D eigenvalue weighted by Crippen LogP contribution is 2.17. The Balaban J connectivity index is 2.73. The highest BCUT2D eigenvalue weighted by Gasteiger charge is 2.09. The average molecular weight is 221 g/mol. The first-order chi connectivity index (χ1) is 7.49. The van der Waals surface area contributed by atoms with Gasteiger partial charge in [0, 0.05) is 6.54 Å². The molecule has 0 saturated heterocycles. The molecular weight excluding hydrogens is 198 g/mol. The van der Waals surface area contributed by atoms with Crippen LogP contribution in [0.2, 0.25) is 0 Å². The lowest BCUT2D eigenvalue weighted by Crippen LogP contribution is -2.20. The van der Waals surface area contributed by atoms with Crippen molar-refractivity contribution in [2.75, 3.05) is 20.6 Å². The first kappa shape index (κ1) is 13.2. The molecule has 0 spiro atoms. The van der Waals surface area contributed by atoms with Gasteiger partial charge in [-0.2, -0.15) is 0 Å². The highest BCUT2D eigenvalue weighted by atomic mass is 16.3. The fourth-order valence-corrected chi connectivity index (χ4v) is 1.85. The van der Waals surface area contributed by atoms with Crippen LogP contribution in [0.15, 0.2) is 24.3 Å². The van der Waals surface area contributed by atoms with Crippen LogP contribution in [0.4, 0.5) is 0 Å². The molecule has 1 rings (SSSR count). The van der Waals surface area contributed by atoms with Crippen LogP contribution in [-0.2, 0) is 6.42 Å². The minimum atomic E-state index is -0.387. The Labute approximate surface area is 98.9 Å². The highest BCUT2D eigenvalue weighted by molar-refractivity contribution is 5.25. The van der Waals surface area contributed by atoms with Gasteiger partial charge in [-0.1, -0.05) is 38.1 Å². The molecule has 0 saturated carbocycles. The summed E-state index contributed by atoms with van der Waals surface area (Å²) in [7, 11) is 3.95. The van der Waals surface area contributed by atoms with E-state index < -0.39 is 0 Å². The van der Waals surface area contributed by atoms with Crippen molar-refractivity contribution < 1.29 is 5.11 Å². The molecule has 0 aromatic heterocycles. The van der Waals surface area contributed by atoms with E-state index in [9.17, 15) is 5.11 Å². The maximum Gasteiger partial charge on any atom is 0.0916 e. The smallest absolute Gasteiger partial charge is 0.0916 e. The van der Waals surface area contributed by atoms with E-state index in [0.29, 0.717) is 12.5 Å². The summed E-state index contributed by atoms with van der Waals surface area (Å²) in [5.74, 6) is 0.654. The van der Waals surface area contributed by atoms with Gasteiger partial charge in [-0.15, -0.1) is 0 Å². The second kappa shape index (κ2) is 6.02. The maximum absolute atomic E-state index is 10.0. The summed E-state index contributed by atoms with van der Waals surface area (Å²) in [6.45, 7) is 5.09. The molecule has 1 aromatic carbocycles. The van der Waals surface area contributed by atoms with Gasteiger partial charge in [0.15, 0.2) is 0 Å². The van der Waals surface area contributed by atoms with Crippen LogP contribution in [0.1, 0.15) is 31.1 Å². The third-order valence-electron chi connectivity index (χ3n) is 2.52. The van der Waals surface area contributed by atoms with Crippen LogP contribution in [0.3, 0.4) is 0 Å². The van der Waals surface area contributed by atoms with Gasteiger partial charge in [0.25, 0.3) is 0 Å². The van der Waals surface area contributed by atoms with Gasteiger partial charge >= 0.3 is 0 Å². The molecular formula is C14H23NO. The fraction of sp³-hybridized carbons (Fsp3) is 0.571. The number of rotatable bonds is 5. The van der Waals surface area contributed by atoms with Crippen molar-refractivity contribution in [3.05, 3.63) is 35.4 Å². The normalized spacial score (nSPS) is 13.4. The monoisotopic (exact) mass is 221 g/mol. The Kier molecular flexibility index (Phi) is 4.97. The van der Waals surface area contributed by atoms with Crippen LogP contribution < -0.4 is 0 Å². The number of aliphatic hydroxyl groups is 1. The van der Waals surface area contributed by atoms with E-state index in [4.69, 9.17) is 0 Å². The molecule has 1 unspecified atom stereocenters. The Hall–Kier alpha value is -0.860. The quantitative estimate of drug-likeness (QED) is 0.825. The molecule has 2 heteroatoms. The Morgan fingerprint density at radius 3 is 2.50 bits per heavy atom. The van der Waals surface area contributed by atoms with E-state index in [2.05, 4.69) is 26.0 Å². The predicted octanol–water partition coefficient (Wildman–Crippen LogP) is 2.48. The van der Waals surface area contributed by atoms with E-state index in [1.54, 1.807) is 0 Å². The van der Waals surface area contributed by atoms with E-state index in [-0.39, 0.29) is 6.10 Å². The number of benzene rings is 1. The van der Waals surface area contributed by atoms with Gasteiger partial charge in [0.1, 0.15) is 0 Å². The van der Waals surface area contributed by atoms with Crippen molar-refractivity contribution in [3.63, 3.8) is 0 Å². The molecule has 0 aliphatic heterocycles. The van der Waals surface area contributed by atoms with Gasteiger partial charge in [-0.05, 0) is 37.6 Å². The summed E-state index contributed by atoms with van der Waals surface area (Å²) in [5, 5.41) is 10.0. The second-order valence-corrected chi connectivity index (χ2v) is 5.12. The topological polar surface area (TPSA) is 23.5 Å². The number of aliphatic hydroxyl groups excluding tert-OH is 1. The Morgan fingerprint density at radius 2 is 1.94 bits per heavy atom. The van der Waals surface area contributed by atoms with E-state index >= 15 is 0 Å². The summed E-state index contributed by atoms with van der Waals surface area (Å²) >= 11 is 0. The summed E-state index contributed by atoms with van der Waals surface area (Å²) in [6.07, 6.45) is 0.685. The van der Waals surface area contributed by atoms with Crippen LogP contribution in [0.25, 0.3) is 0 Å². The summed E-state index contributed by atoms with van der Waals surface area (Å²) < 4.78 is 0. The van der Waals surface area contributed by atoms with Crippen molar-refractivity contribution in [2.24, 2.45) is 5.92 Å². The van der Waals surface area contributed by atoms with Crippen LogP contribution >= 0.6 is 0 Å². The van der Waals surface area contributed by atoms with Gasteiger partial charge in [-0.3, -0.25) is 0 Å². The molecule has 0 aliphatic rings. The molecule has 0 heterocycles. The van der Waals surface area contributed by atoms with Crippen molar-refractivity contribution in [3.8, 4) is 0 Å². The molecule has 1 N–H and O–H groups in total. The minimum Gasteiger partial charge on any atom is -0.387 e. The first-order valence-corrected chi connectivity index (χ1v) is 5.90.